The van der Waals surface area contributed by atoms with Crippen LogP contribution in [0.1, 0.15) is 15.9 Å². The maximum atomic E-state index is 12.4. The Balaban J connectivity index is 3.05. The molecule has 0 atom stereocenters. The Morgan fingerprint density at radius 3 is 2.25 bits per heavy atom. The normalized spacial score (nSPS) is 11.9. The molecule has 20 heavy (non-hydrogen) atoms. The van der Waals surface area contributed by atoms with Crippen molar-refractivity contribution in [1.82, 2.24) is 4.90 Å². The van der Waals surface area contributed by atoms with Gasteiger partial charge in [-0.1, -0.05) is 12.1 Å². The van der Waals surface area contributed by atoms with E-state index < -0.39 is 17.5 Å². The molecule has 0 saturated heterocycles. The van der Waals surface area contributed by atoms with Gasteiger partial charge in [-0.25, -0.2) is 0 Å². The lowest BCUT2D eigenvalue weighted by atomic mass is 10.1. The van der Waals surface area contributed by atoms with Gasteiger partial charge in [0.25, 0.3) is 0 Å². The maximum Gasteiger partial charge on any atom is 0.416 e. The fraction of sp³-hybridized carbons (Fsp3) is 0.231. The van der Waals surface area contributed by atoms with Crippen LogP contribution in [-0.4, -0.2) is 24.8 Å². The third kappa shape index (κ3) is 4.31. The molecule has 3 nitrogen and oxygen atoms in total. The Hall–Kier alpha value is -1.94. The number of benzene rings is 1. The zero-order valence-corrected chi connectivity index (χ0v) is 11.5. The van der Waals surface area contributed by atoms with Gasteiger partial charge in [-0.05, 0) is 23.9 Å². The number of carbonyl (C=O) groups excluding carboxylic acids is 1. The number of thioether (sulfide) groups is 1. The van der Waals surface area contributed by atoms with Crippen LogP contribution in [0, 0.1) is 10.7 Å². The Morgan fingerprint density at radius 2 is 1.85 bits per heavy atom. The topological polar surface area (TPSA) is 44.1 Å². The number of ketones is 1. The predicted octanol–water partition coefficient (Wildman–Crippen LogP) is 3.51. The van der Waals surface area contributed by atoms with E-state index in [1.165, 1.54) is 6.20 Å². The first kappa shape index (κ1) is 16.1. The predicted molar refractivity (Wildman–Crippen MR) is 70.7 cm³/mol. The van der Waals surface area contributed by atoms with Crippen LogP contribution in [0.15, 0.2) is 35.4 Å². The van der Waals surface area contributed by atoms with Crippen LogP contribution in [0.4, 0.5) is 13.2 Å². The molecule has 1 aromatic carbocycles. The summed E-state index contributed by atoms with van der Waals surface area (Å²) in [6.07, 6.45) is -2.99. The molecule has 106 valence electrons. The first-order valence-corrected chi connectivity index (χ1v) is 6.23. The fourth-order valence-corrected chi connectivity index (χ4v) is 1.94. The van der Waals surface area contributed by atoms with Gasteiger partial charge in [-0.2, -0.15) is 18.4 Å². The molecule has 0 aliphatic rings. The molecule has 0 amide bonds. The highest BCUT2D eigenvalue weighted by Gasteiger charge is 2.30. The number of nitrogens with zero attached hydrogens (tertiary/aromatic N) is 2. The summed E-state index contributed by atoms with van der Waals surface area (Å²) in [5, 5.41) is 10.4. The van der Waals surface area contributed by atoms with E-state index in [0.29, 0.717) is 11.8 Å². The van der Waals surface area contributed by atoms with Crippen LogP contribution in [0.25, 0.3) is 0 Å². The molecular weight excluding hydrogens is 289 g/mol. The lowest BCUT2D eigenvalue weighted by Gasteiger charge is -2.09. The van der Waals surface area contributed by atoms with Gasteiger partial charge in [-0.3, -0.25) is 4.79 Å². The average Bonchev–Trinajstić information content (AvgIpc) is 2.36. The van der Waals surface area contributed by atoms with Crippen molar-refractivity contribution in [2.75, 3.05) is 14.1 Å². The zero-order chi connectivity index (χ0) is 15.3. The number of halogens is 3. The van der Waals surface area contributed by atoms with E-state index in [1.54, 1.807) is 24.4 Å². The summed E-state index contributed by atoms with van der Waals surface area (Å²) >= 11 is 0.671. The second kappa shape index (κ2) is 6.48. The molecule has 1 rings (SSSR count). The molecule has 0 aromatic heterocycles. The summed E-state index contributed by atoms with van der Waals surface area (Å²) < 4.78 is 37.3. The molecule has 1 aromatic rings. The molecule has 0 radical (unpaired) electrons. The summed E-state index contributed by atoms with van der Waals surface area (Å²) in [5.41, 5.74) is -0.714. The van der Waals surface area contributed by atoms with Crippen molar-refractivity contribution < 1.29 is 18.0 Å². The van der Waals surface area contributed by atoms with Crippen molar-refractivity contribution in [2.24, 2.45) is 0 Å². The highest BCUT2D eigenvalue weighted by atomic mass is 32.2. The van der Waals surface area contributed by atoms with Crippen LogP contribution in [0.2, 0.25) is 0 Å². The summed E-state index contributed by atoms with van der Waals surface area (Å²) in [7, 11) is 3.36. The summed E-state index contributed by atoms with van der Waals surface area (Å²) in [6.45, 7) is 0. The van der Waals surface area contributed by atoms with Crippen molar-refractivity contribution in [3.8, 4) is 5.40 Å². The van der Waals surface area contributed by atoms with Gasteiger partial charge in [0.05, 0.1) is 10.5 Å². The largest absolute Gasteiger partial charge is 0.416 e. The maximum absolute atomic E-state index is 12.4. The van der Waals surface area contributed by atoms with Gasteiger partial charge in [0, 0.05) is 25.9 Å². The lowest BCUT2D eigenvalue weighted by Crippen LogP contribution is -2.09. The minimum absolute atomic E-state index is 0.105. The molecular formula is C13H11F3N2OS. The van der Waals surface area contributed by atoms with E-state index in [-0.39, 0.29) is 10.5 Å². The van der Waals surface area contributed by atoms with Gasteiger partial charge in [-0.15, -0.1) is 0 Å². The van der Waals surface area contributed by atoms with Gasteiger partial charge in [0.15, 0.2) is 0 Å². The molecule has 0 N–H and O–H groups in total. The summed E-state index contributed by atoms with van der Waals surface area (Å²) in [4.78, 5) is 13.8. The van der Waals surface area contributed by atoms with Crippen LogP contribution in [0.3, 0.4) is 0 Å². The average molecular weight is 300 g/mol. The number of Topliss-reactive ketones (excluding diaryl/α,β-unsaturated/α-hetero) is 1. The molecule has 0 spiro atoms. The minimum Gasteiger partial charge on any atom is -0.382 e. The van der Waals surface area contributed by atoms with Crippen LogP contribution < -0.4 is 0 Å². The third-order valence-electron chi connectivity index (χ3n) is 2.23. The van der Waals surface area contributed by atoms with Crippen molar-refractivity contribution in [1.29, 1.82) is 5.26 Å². The molecule has 0 aliphatic carbocycles. The Bertz CT molecular complexity index is 556. The van der Waals surface area contributed by atoms with E-state index in [2.05, 4.69) is 0 Å². The van der Waals surface area contributed by atoms with Crippen molar-refractivity contribution >= 4 is 17.5 Å². The molecule has 0 saturated carbocycles. The molecule has 7 heteroatoms. The number of carbonyl (C=O) groups is 1. The molecule has 0 unspecified atom stereocenters. The third-order valence-corrected chi connectivity index (χ3v) is 2.83. The zero-order valence-electron chi connectivity index (χ0n) is 10.7. The second-order valence-electron chi connectivity index (χ2n) is 4.05. The van der Waals surface area contributed by atoms with E-state index in [4.69, 9.17) is 5.26 Å². The van der Waals surface area contributed by atoms with Crippen LogP contribution >= 0.6 is 11.8 Å². The number of alkyl halides is 3. The van der Waals surface area contributed by atoms with Crippen LogP contribution in [-0.2, 0) is 6.18 Å². The quantitative estimate of drug-likeness (QED) is 0.485. The van der Waals surface area contributed by atoms with Crippen molar-refractivity contribution in [3.05, 3.63) is 46.5 Å². The van der Waals surface area contributed by atoms with Crippen LogP contribution in [0.5, 0.6) is 0 Å². The minimum atomic E-state index is -4.44. The van der Waals surface area contributed by atoms with E-state index in [1.807, 2.05) is 0 Å². The van der Waals surface area contributed by atoms with E-state index in [9.17, 15) is 18.0 Å². The monoisotopic (exact) mass is 300 g/mol. The fourth-order valence-electron chi connectivity index (χ4n) is 1.37. The Morgan fingerprint density at radius 1 is 1.30 bits per heavy atom. The first-order valence-electron chi connectivity index (χ1n) is 5.42. The van der Waals surface area contributed by atoms with Gasteiger partial charge < -0.3 is 4.90 Å². The highest BCUT2D eigenvalue weighted by Crippen LogP contribution is 2.30. The van der Waals surface area contributed by atoms with Gasteiger partial charge >= 0.3 is 6.18 Å². The van der Waals surface area contributed by atoms with Gasteiger partial charge in [0.1, 0.15) is 5.40 Å². The smallest absolute Gasteiger partial charge is 0.382 e. The molecule has 0 heterocycles. The molecule has 0 aliphatic heterocycles. The second-order valence-corrected chi connectivity index (χ2v) is 4.88. The Labute approximate surface area is 118 Å². The lowest BCUT2D eigenvalue weighted by molar-refractivity contribution is -0.137. The Kier molecular flexibility index (Phi) is 5.22. The molecule has 0 bridgehead atoms. The number of thiocyanates is 1. The van der Waals surface area contributed by atoms with E-state index >= 15 is 0 Å². The van der Waals surface area contributed by atoms with Crippen molar-refractivity contribution in [3.63, 3.8) is 0 Å². The van der Waals surface area contributed by atoms with Crippen molar-refractivity contribution in [2.45, 2.75) is 6.18 Å². The van der Waals surface area contributed by atoms with E-state index in [0.717, 1.165) is 24.3 Å². The number of hydrogen-bond donors (Lipinski definition) is 0. The standard InChI is InChI=1S/C13H11F3N2OS/c1-18(2)7-11(20-8-17)12(19)9-3-5-10(6-4-9)13(14,15)16/h3-7H,1-2H3/b11-7-. The summed E-state index contributed by atoms with van der Waals surface area (Å²) in [5.74, 6) is -0.487. The number of allylic oxidation sites excluding steroid dienone is 1. The number of hydrogen-bond acceptors (Lipinski definition) is 4. The van der Waals surface area contributed by atoms with Gasteiger partial charge in [0.2, 0.25) is 5.78 Å². The summed E-state index contributed by atoms with van der Waals surface area (Å²) in [6, 6.07) is 3.90. The number of rotatable bonds is 4. The molecule has 0 fully saturated rings. The first-order chi connectivity index (χ1) is 9.25. The SMILES string of the molecule is CN(C)/C=C(\SC#N)C(=O)c1ccc(C(F)(F)F)cc1. The highest BCUT2D eigenvalue weighted by molar-refractivity contribution is 8.08. The number of nitriles is 1.